The second-order valence-corrected chi connectivity index (χ2v) is 5.17. The molecular weight excluding hydrogens is 235 g/mol. The van der Waals surface area contributed by atoms with Gasteiger partial charge < -0.3 is 10.0 Å². The first-order valence-electron chi connectivity index (χ1n) is 6.55. The van der Waals surface area contributed by atoms with Crippen molar-refractivity contribution in [1.29, 1.82) is 0 Å². The third-order valence-corrected chi connectivity index (χ3v) is 4.21. The van der Waals surface area contributed by atoms with Crippen LogP contribution < -0.4 is 0 Å². The summed E-state index contributed by atoms with van der Waals surface area (Å²) in [5, 5.41) is 19.0. The first-order valence-corrected chi connectivity index (χ1v) is 6.55. The molecule has 1 aromatic carbocycles. The third kappa shape index (κ3) is 1.40. The van der Waals surface area contributed by atoms with E-state index < -0.39 is 7.12 Å². The summed E-state index contributed by atoms with van der Waals surface area (Å²) < 4.78 is 0. The summed E-state index contributed by atoms with van der Waals surface area (Å²) in [6.45, 7) is 0. The number of hydrogen-bond acceptors (Lipinski definition) is 2. The van der Waals surface area contributed by atoms with Gasteiger partial charge in [-0.25, -0.2) is 0 Å². The molecule has 2 N–H and O–H groups in total. The number of allylic oxidation sites excluding steroid dienone is 8. The van der Waals surface area contributed by atoms with Crippen LogP contribution in [0.4, 0.5) is 0 Å². The lowest BCUT2D eigenvalue weighted by Gasteiger charge is -2.24. The van der Waals surface area contributed by atoms with Gasteiger partial charge in [0.15, 0.2) is 0 Å². The van der Waals surface area contributed by atoms with Gasteiger partial charge in [0, 0.05) is 5.92 Å². The quantitative estimate of drug-likeness (QED) is 0.749. The Balaban J connectivity index is 2.00. The van der Waals surface area contributed by atoms with E-state index in [2.05, 4.69) is 36.4 Å². The zero-order valence-corrected chi connectivity index (χ0v) is 10.4. The molecule has 0 saturated carbocycles. The lowest BCUT2D eigenvalue weighted by Crippen LogP contribution is -2.20. The Morgan fingerprint density at radius 3 is 2.79 bits per heavy atom. The van der Waals surface area contributed by atoms with Gasteiger partial charge in [-0.05, 0) is 39.7 Å². The Morgan fingerprint density at radius 2 is 1.95 bits per heavy atom. The molecule has 92 valence electrons. The van der Waals surface area contributed by atoms with Gasteiger partial charge in [0.2, 0.25) is 0 Å². The van der Waals surface area contributed by atoms with Crippen molar-refractivity contribution in [2.75, 3.05) is 0 Å². The molecule has 0 radical (unpaired) electrons. The largest absolute Gasteiger partial charge is 0.489 e. The Kier molecular flexibility index (Phi) is 2.22. The van der Waals surface area contributed by atoms with Crippen LogP contribution in [0.3, 0.4) is 0 Å². The maximum atomic E-state index is 9.52. The lowest BCUT2D eigenvalue weighted by atomic mass is 9.68. The molecule has 0 amide bonds. The summed E-state index contributed by atoms with van der Waals surface area (Å²) in [7, 11) is -1.41. The van der Waals surface area contributed by atoms with Crippen molar-refractivity contribution < 1.29 is 10.0 Å². The predicted molar refractivity (Wildman–Crippen MR) is 76.2 cm³/mol. The SMILES string of the molecule is OB(O)C1=C2C=CCC3=C2C(C=C1)c1ccccc13. The fraction of sp³-hybridized carbons (Fsp3) is 0.125. The molecule has 0 aliphatic heterocycles. The minimum absolute atomic E-state index is 0.272. The highest BCUT2D eigenvalue weighted by Crippen LogP contribution is 2.51. The molecule has 0 bridgehead atoms. The molecule has 3 aliphatic carbocycles. The average molecular weight is 248 g/mol. The van der Waals surface area contributed by atoms with Gasteiger partial charge in [0.1, 0.15) is 0 Å². The highest BCUT2D eigenvalue weighted by atomic mass is 16.4. The average Bonchev–Trinajstić information content (AvgIpc) is 2.76. The van der Waals surface area contributed by atoms with E-state index in [0.29, 0.717) is 5.47 Å². The third-order valence-electron chi connectivity index (χ3n) is 4.21. The van der Waals surface area contributed by atoms with Gasteiger partial charge in [-0.3, -0.25) is 0 Å². The standard InChI is InChI=1S/C16H13BO2/c18-17(19)15-9-8-13-11-5-2-1-4-10(11)12-6-3-7-14(15)16(12)13/h1-5,7-9,13,18-19H,6H2. The smallest absolute Gasteiger partial charge is 0.423 e. The number of rotatable bonds is 1. The second kappa shape index (κ2) is 3.83. The maximum Gasteiger partial charge on any atom is 0.489 e. The van der Waals surface area contributed by atoms with Crippen molar-refractivity contribution in [3.05, 3.63) is 76.3 Å². The molecule has 0 heterocycles. The van der Waals surface area contributed by atoms with Crippen LogP contribution in [0, 0.1) is 0 Å². The van der Waals surface area contributed by atoms with Crippen LogP contribution in [0.2, 0.25) is 0 Å². The summed E-state index contributed by atoms with van der Waals surface area (Å²) in [5.74, 6) is 0.272. The molecule has 0 fully saturated rings. The fourth-order valence-electron chi connectivity index (χ4n) is 3.43. The van der Waals surface area contributed by atoms with E-state index in [-0.39, 0.29) is 5.92 Å². The number of hydrogen-bond donors (Lipinski definition) is 2. The van der Waals surface area contributed by atoms with Crippen LogP contribution >= 0.6 is 0 Å². The normalized spacial score (nSPS) is 22.7. The Morgan fingerprint density at radius 1 is 1.11 bits per heavy atom. The van der Waals surface area contributed by atoms with Crippen LogP contribution in [0.15, 0.2) is 65.2 Å². The molecule has 0 spiro atoms. The van der Waals surface area contributed by atoms with Gasteiger partial charge in [0.25, 0.3) is 0 Å². The molecule has 3 heteroatoms. The molecule has 1 unspecified atom stereocenters. The van der Waals surface area contributed by atoms with Crippen molar-refractivity contribution >= 4 is 12.7 Å². The van der Waals surface area contributed by atoms with Crippen molar-refractivity contribution in [2.24, 2.45) is 0 Å². The first-order chi connectivity index (χ1) is 9.27. The second-order valence-electron chi connectivity index (χ2n) is 5.17. The summed E-state index contributed by atoms with van der Waals surface area (Å²) in [6.07, 6.45) is 8.99. The molecule has 4 rings (SSSR count). The minimum atomic E-state index is -1.41. The van der Waals surface area contributed by atoms with Crippen LogP contribution in [0.5, 0.6) is 0 Å². The molecule has 0 saturated heterocycles. The summed E-state index contributed by atoms with van der Waals surface area (Å²) in [5.41, 5.74) is 6.82. The van der Waals surface area contributed by atoms with Crippen molar-refractivity contribution in [1.82, 2.24) is 0 Å². The summed E-state index contributed by atoms with van der Waals surface area (Å²) in [4.78, 5) is 0. The van der Waals surface area contributed by atoms with E-state index in [4.69, 9.17) is 0 Å². The first kappa shape index (κ1) is 11.0. The van der Waals surface area contributed by atoms with E-state index in [1.54, 1.807) is 0 Å². The molecule has 0 aromatic heterocycles. The zero-order chi connectivity index (χ0) is 13.0. The van der Waals surface area contributed by atoms with Gasteiger partial charge in [-0.2, -0.15) is 0 Å². The van der Waals surface area contributed by atoms with E-state index >= 15 is 0 Å². The predicted octanol–water partition coefficient (Wildman–Crippen LogP) is 2.38. The lowest BCUT2D eigenvalue weighted by molar-refractivity contribution is 0.420. The maximum absolute atomic E-state index is 9.52. The van der Waals surface area contributed by atoms with Crippen LogP contribution in [-0.2, 0) is 0 Å². The van der Waals surface area contributed by atoms with E-state index in [1.165, 1.54) is 22.3 Å². The molecule has 1 aromatic rings. The van der Waals surface area contributed by atoms with E-state index in [0.717, 1.165) is 12.0 Å². The zero-order valence-electron chi connectivity index (χ0n) is 10.4. The Bertz CT molecular complexity index is 692. The molecule has 2 nitrogen and oxygen atoms in total. The van der Waals surface area contributed by atoms with Crippen LogP contribution in [0.25, 0.3) is 5.57 Å². The highest BCUT2D eigenvalue weighted by Gasteiger charge is 2.36. The monoisotopic (exact) mass is 248 g/mol. The van der Waals surface area contributed by atoms with Gasteiger partial charge in [0.05, 0.1) is 0 Å². The number of benzene rings is 1. The molecule has 3 aliphatic rings. The van der Waals surface area contributed by atoms with Crippen molar-refractivity contribution in [3.8, 4) is 0 Å². The van der Waals surface area contributed by atoms with Crippen LogP contribution in [-0.4, -0.2) is 17.2 Å². The van der Waals surface area contributed by atoms with Crippen molar-refractivity contribution in [3.63, 3.8) is 0 Å². The molecular formula is C16H13BO2. The van der Waals surface area contributed by atoms with E-state index in [9.17, 15) is 10.0 Å². The molecule has 1 atom stereocenters. The number of fused-ring (bicyclic) bond motifs is 3. The van der Waals surface area contributed by atoms with Gasteiger partial charge >= 0.3 is 7.12 Å². The topological polar surface area (TPSA) is 40.5 Å². The fourth-order valence-corrected chi connectivity index (χ4v) is 3.43. The van der Waals surface area contributed by atoms with E-state index in [1.807, 2.05) is 12.2 Å². The Labute approximate surface area is 112 Å². The van der Waals surface area contributed by atoms with Gasteiger partial charge in [-0.15, -0.1) is 0 Å². The van der Waals surface area contributed by atoms with Crippen LogP contribution in [0.1, 0.15) is 23.5 Å². The summed E-state index contributed by atoms with van der Waals surface area (Å²) >= 11 is 0. The summed E-state index contributed by atoms with van der Waals surface area (Å²) in [6, 6.07) is 8.46. The molecule has 19 heavy (non-hydrogen) atoms. The highest BCUT2D eigenvalue weighted by molar-refractivity contribution is 6.52. The van der Waals surface area contributed by atoms with Crippen molar-refractivity contribution in [2.45, 2.75) is 12.3 Å². The minimum Gasteiger partial charge on any atom is -0.423 e. The van der Waals surface area contributed by atoms with Gasteiger partial charge in [-0.1, -0.05) is 48.6 Å². The Hall–Kier alpha value is -1.84.